The van der Waals surface area contributed by atoms with Gasteiger partial charge in [0.2, 0.25) is 0 Å². The lowest BCUT2D eigenvalue weighted by Crippen LogP contribution is -2.35. The predicted molar refractivity (Wildman–Crippen MR) is 190 cm³/mol. The van der Waals surface area contributed by atoms with Crippen molar-refractivity contribution >= 4 is 44.9 Å². The number of aromatic nitrogens is 1. The average molecular weight is 685 g/mol. The Morgan fingerprint density at radius 3 is 2.66 bits per heavy atom. The summed E-state index contributed by atoms with van der Waals surface area (Å²) in [5.74, 6) is 1.51. The standard InChI is InChI=1S/C40H33IN2O/c1-25-14-17-29-30(23-25)28-9-3-5-12-34(28)43(27-16-19-37-31(24-27)32-10-7-8-21-40(32,2)44-37)36-18-15-26-20-22-42(39(26)38(29)36)35-13-6-4-11-33(35)41/h3-7,9-20,22-24,28,32,34H,8,21H2,1-2H3. The van der Waals surface area contributed by atoms with Crippen LogP contribution >= 0.6 is 22.6 Å². The molecule has 3 heterocycles. The van der Waals surface area contributed by atoms with Gasteiger partial charge in [-0.15, -0.1) is 0 Å². The maximum absolute atomic E-state index is 6.63. The first-order valence-corrected chi connectivity index (χ1v) is 16.7. The second-order valence-corrected chi connectivity index (χ2v) is 14.0. The van der Waals surface area contributed by atoms with Crippen LogP contribution in [-0.2, 0) is 0 Å². The van der Waals surface area contributed by atoms with Crippen molar-refractivity contribution in [2.75, 3.05) is 4.90 Å². The Balaban J connectivity index is 1.35. The molecule has 0 N–H and O–H groups in total. The number of rotatable bonds is 2. The van der Waals surface area contributed by atoms with E-state index in [4.69, 9.17) is 4.74 Å². The van der Waals surface area contributed by atoms with Crippen LogP contribution in [0.15, 0.2) is 122 Å². The highest BCUT2D eigenvalue weighted by atomic mass is 127. The molecular weight excluding hydrogens is 651 g/mol. The zero-order valence-electron chi connectivity index (χ0n) is 24.9. The molecule has 0 saturated heterocycles. The summed E-state index contributed by atoms with van der Waals surface area (Å²) < 4.78 is 10.3. The van der Waals surface area contributed by atoms with E-state index in [9.17, 15) is 0 Å². The van der Waals surface area contributed by atoms with E-state index in [0.717, 1.165) is 18.6 Å². The highest BCUT2D eigenvalue weighted by Gasteiger charge is 2.45. The van der Waals surface area contributed by atoms with E-state index in [1.165, 1.54) is 59.4 Å². The third-order valence-electron chi connectivity index (χ3n) is 10.2. The van der Waals surface area contributed by atoms with E-state index < -0.39 is 0 Å². The molecule has 3 nitrogen and oxygen atoms in total. The molecule has 0 radical (unpaired) electrons. The highest BCUT2D eigenvalue weighted by molar-refractivity contribution is 14.1. The van der Waals surface area contributed by atoms with Crippen LogP contribution in [0.4, 0.5) is 11.4 Å². The summed E-state index contributed by atoms with van der Waals surface area (Å²) in [6.07, 6.45) is 18.3. The maximum atomic E-state index is 6.63. The summed E-state index contributed by atoms with van der Waals surface area (Å²) in [6.45, 7) is 4.49. The minimum Gasteiger partial charge on any atom is -0.486 e. The van der Waals surface area contributed by atoms with Crippen molar-refractivity contribution in [1.29, 1.82) is 0 Å². The largest absolute Gasteiger partial charge is 0.486 e. The first-order chi connectivity index (χ1) is 21.5. The van der Waals surface area contributed by atoms with Gasteiger partial charge in [0, 0.05) is 43.8 Å². The lowest BCUT2D eigenvalue weighted by molar-refractivity contribution is 0.0886. The summed E-state index contributed by atoms with van der Waals surface area (Å²) in [6, 6.07) is 29.7. The topological polar surface area (TPSA) is 17.4 Å². The summed E-state index contributed by atoms with van der Waals surface area (Å²) in [7, 11) is 0. The molecule has 4 heteroatoms. The van der Waals surface area contributed by atoms with E-state index in [-0.39, 0.29) is 23.5 Å². The van der Waals surface area contributed by atoms with E-state index >= 15 is 0 Å². The van der Waals surface area contributed by atoms with Gasteiger partial charge in [-0.05, 0) is 103 Å². The number of anilines is 2. The highest BCUT2D eigenvalue weighted by Crippen LogP contribution is 2.54. The van der Waals surface area contributed by atoms with Crippen molar-refractivity contribution in [3.8, 4) is 22.6 Å². The first-order valence-electron chi connectivity index (χ1n) is 15.6. The van der Waals surface area contributed by atoms with Crippen molar-refractivity contribution in [3.05, 3.63) is 142 Å². The van der Waals surface area contributed by atoms with Crippen molar-refractivity contribution in [2.45, 2.75) is 50.2 Å². The Hall–Kier alpha value is -4.03. The second kappa shape index (κ2) is 9.73. The van der Waals surface area contributed by atoms with Gasteiger partial charge in [-0.25, -0.2) is 0 Å². The van der Waals surface area contributed by atoms with E-state index in [2.05, 4.69) is 167 Å². The van der Waals surface area contributed by atoms with Gasteiger partial charge in [0.1, 0.15) is 11.4 Å². The van der Waals surface area contributed by atoms with Crippen LogP contribution in [-0.4, -0.2) is 16.2 Å². The molecule has 9 rings (SSSR count). The number of halogens is 1. The molecule has 44 heavy (non-hydrogen) atoms. The Morgan fingerprint density at radius 2 is 1.75 bits per heavy atom. The Kier molecular flexibility index (Phi) is 5.84. The van der Waals surface area contributed by atoms with Gasteiger partial charge in [-0.2, -0.15) is 0 Å². The molecule has 2 aliphatic heterocycles. The Labute approximate surface area is 272 Å². The molecule has 2 aliphatic carbocycles. The van der Waals surface area contributed by atoms with Crippen molar-refractivity contribution in [3.63, 3.8) is 0 Å². The number of nitrogens with zero attached hydrogens (tertiary/aromatic N) is 2. The SMILES string of the molecule is Cc1ccc2c(c1)C1C=CC=CC1N(c1ccc3c(c1)C1C=CCCC1(C)O3)c1ccc3ccn(-c4ccccc4I)c3c1-2. The number of para-hydroxylation sites is 1. The normalized spacial score (nSPS) is 24.2. The zero-order chi connectivity index (χ0) is 29.6. The number of hydrogen-bond acceptors (Lipinski definition) is 2. The number of allylic oxidation sites excluding steroid dienone is 3. The molecule has 0 fully saturated rings. The molecule has 0 saturated carbocycles. The third kappa shape index (κ3) is 3.79. The fourth-order valence-electron chi connectivity index (χ4n) is 8.10. The van der Waals surface area contributed by atoms with Crippen LogP contribution in [0.25, 0.3) is 27.7 Å². The van der Waals surface area contributed by atoms with Crippen LogP contribution in [0, 0.1) is 10.5 Å². The van der Waals surface area contributed by atoms with Gasteiger partial charge in [0.25, 0.3) is 0 Å². The Bertz CT molecular complexity index is 2080. The first kappa shape index (κ1) is 26.4. The van der Waals surface area contributed by atoms with Crippen molar-refractivity contribution < 1.29 is 4.74 Å². The van der Waals surface area contributed by atoms with E-state index in [1.54, 1.807) is 0 Å². The molecule has 4 aliphatic rings. The van der Waals surface area contributed by atoms with Gasteiger partial charge in [0.15, 0.2) is 0 Å². The minimum atomic E-state index is -0.171. The van der Waals surface area contributed by atoms with Crippen molar-refractivity contribution in [2.24, 2.45) is 0 Å². The Morgan fingerprint density at radius 1 is 0.864 bits per heavy atom. The van der Waals surface area contributed by atoms with Crippen LogP contribution < -0.4 is 9.64 Å². The van der Waals surface area contributed by atoms with Gasteiger partial charge >= 0.3 is 0 Å². The number of hydrogen-bond donors (Lipinski definition) is 0. The van der Waals surface area contributed by atoms with Gasteiger partial charge < -0.3 is 14.2 Å². The molecule has 0 amide bonds. The van der Waals surface area contributed by atoms with Crippen LogP contribution in [0.2, 0.25) is 0 Å². The number of benzene rings is 4. The molecule has 0 spiro atoms. The quantitative estimate of drug-likeness (QED) is 0.136. The van der Waals surface area contributed by atoms with Crippen LogP contribution in [0.3, 0.4) is 0 Å². The summed E-state index contributed by atoms with van der Waals surface area (Å²) >= 11 is 2.47. The minimum absolute atomic E-state index is 0.133. The van der Waals surface area contributed by atoms with Gasteiger partial charge in [-0.3, -0.25) is 0 Å². The summed E-state index contributed by atoms with van der Waals surface area (Å²) in [5.41, 5.74) is 11.3. The summed E-state index contributed by atoms with van der Waals surface area (Å²) in [5, 5.41) is 1.25. The second-order valence-electron chi connectivity index (χ2n) is 12.9. The van der Waals surface area contributed by atoms with Gasteiger partial charge in [0.05, 0.1) is 22.9 Å². The summed E-state index contributed by atoms with van der Waals surface area (Å²) in [4.78, 5) is 2.60. The van der Waals surface area contributed by atoms with E-state index in [0.29, 0.717) is 0 Å². The fourth-order valence-corrected chi connectivity index (χ4v) is 8.75. The molecule has 216 valence electrons. The molecule has 4 unspecified atom stereocenters. The monoisotopic (exact) mass is 684 g/mol. The predicted octanol–water partition coefficient (Wildman–Crippen LogP) is 10.5. The molecule has 4 atom stereocenters. The third-order valence-corrected chi connectivity index (χ3v) is 11.1. The number of aryl methyl sites for hydroxylation is 1. The average Bonchev–Trinajstić information content (AvgIpc) is 3.56. The molecule has 0 bridgehead atoms. The fraction of sp³-hybridized carbons (Fsp3) is 0.200. The molecule has 4 aromatic carbocycles. The number of fused-ring (bicyclic) bond motifs is 10. The lowest BCUT2D eigenvalue weighted by Gasteiger charge is -2.36. The number of ether oxygens (including phenoxy) is 1. The smallest absolute Gasteiger partial charge is 0.124 e. The van der Waals surface area contributed by atoms with E-state index in [1.807, 2.05) is 0 Å². The van der Waals surface area contributed by atoms with Crippen LogP contribution in [0.1, 0.15) is 48.3 Å². The lowest BCUT2D eigenvalue weighted by atomic mass is 9.78. The van der Waals surface area contributed by atoms with Gasteiger partial charge in [-0.1, -0.05) is 78.4 Å². The van der Waals surface area contributed by atoms with Crippen molar-refractivity contribution in [1.82, 2.24) is 4.57 Å². The maximum Gasteiger partial charge on any atom is 0.124 e. The zero-order valence-corrected chi connectivity index (χ0v) is 27.0. The molecule has 5 aromatic rings. The molecular formula is C40H33IN2O. The molecule has 1 aromatic heterocycles. The van der Waals surface area contributed by atoms with Crippen LogP contribution in [0.5, 0.6) is 5.75 Å².